The number of esters is 1. The first-order valence-corrected chi connectivity index (χ1v) is 7.34. The van der Waals surface area contributed by atoms with Gasteiger partial charge in [-0.3, -0.25) is 19.3 Å². The van der Waals surface area contributed by atoms with Gasteiger partial charge < -0.3 is 9.64 Å². The molecule has 0 aromatic rings. The number of methoxy groups -OCH3 is 1. The van der Waals surface area contributed by atoms with Crippen molar-refractivity contribution in [2.75, 3.05) is 14.2 Å². The Bertz CT molecular complexity index is 584. The highest BCUT2D eigenvalue weighted by Gasteiger charge is 2.54. The smallest absolute Gasteiger partial charge is 0.328 e. The summed E-state index contributed by atoms with van der Waals surface area (Å²) >= 11 is 0. The molecule has 22 heavy (non-hydrogen) atoms. The number of carbonyl (C=O) groups is 4. The second kappa shape index (κ2) is 5.23. The number of hydrogen-bond acceptors (Lipinski definition) is 5. The fourth-order valence-electron chi connectivity index (χ4n) is 3.73. The lowest BCUT2D eigenvalue weighted by Crippen LogP contribution is -2.51. The van der Waals surface area contributed by atoms with Gasteiger partial charge in [0.25, 0.3) is 0 Å². The van der Waals surface area contributed by atoms with Gasteiger partial charge in [0, 0.05) is 13.5 Å². The highest BCUT2D eigenvalue weighted by Crippen LogP contribution is 2.39. The quantitative estimate of drug-likeness (QED) is 0.398. The average Bonchev–Trinajstić information content (AvgIpc) is 3.01. The van der Waals surface area contributed by atoms with Crippen LogP contribution in [-0.2, 0) is 23.9 Å². The summed E-state index contributed by atoms with van der Waals surface area (Å²) < 4.78 is 4.76. The number of likely N-dealkylation sites (tertiary alicyclic amines) is 2. The van der Waals surface area contributed by atoms with Gasteiger partial charge in [-0.25, -0.2) is 4.79 Å². The number of nitrogens with zero attached hydrogens (tertiary/aromatic N) is 2. The van der Waals surface area contributed by atoms with E-state index < -0.39 is 29.9 Å². The third-order valence-electron chi connectivity index (χ3n) is 4.84. The van der Waals surface area contributed by atoms with Crippen LogP contribution in [0.4, 0.5) is 0 Å². The summed E-state index contributed by atoms with van der Waals surface area (Å²) in [7, 11) is 2.74. The maximum atomic E-state index is 12.4. The fourth-order valence-corrected chi connectivity index (χ4v) is 3.73. The highest BCUT2D eigenvalue weighted by atomic mass is 16.5. The zero-order valence-electron chi connectivity index (χ0n) is 12.5. The molecule has 118 valence electrons. The monoisotopic (exact) mass is 306 g/mol. The number of ether oxygens (including phenoxy) is 1. The summed E-state index contributed by atoms with van der Waals surface area (Å²) in [6.45, 7) is 0. The molecule has 0 saturated carbocycles. The molecule has 0 aromatic heterocycles. The predicted octanol–water partition coefficient (Wildman–Crippen LogP) is -0.290. The molecule has 0 unspecified atom stereocenters. The van der Waals surface area contributed by atoms with Crippen LogP contribution in [0, 0.1) is 11.8 Å². The Balaban J connectivity index is 1.96. The van der Waals surface area contributed by atoms with Gasteiger partial charge in [0.15, 0.2) is 0 Å². The molecule has 3 aliphatic rings. The van der Waals surface area contributed by atoms with Crippen molar-refractivity contribution in [2.24, 2.45) is 11.8 Å². The van der Waals surface area contributed by atoms with E-state index in [1.54, 1.807) is 6.08 Å². The molecular weight excluding hydrogens is 288 g/mol. The SMILES string of the molecule is COC(=O)[C@@H]1CCC(=O)N1[C@H]1C=CC[C@H]2C(=O)N(C)C(=O)[C@H]21. The first-order chi connectivity index (χ1) is 10.5. The zero-order valence-corrected chi connectivity index (χ0v) is 12.5. The van der Waals surface area contributed by atoms with Crippen molar-refractivity contribution < 1.29 is 23.9 Å². The lowest BCUT2D eigenvalue weighted by molar-refractivity contribution is -0.152. The Morgan fingerprint density at radius 1 is 1.27 bits per heavy atom. The van der Waals surface area contributed by atoms with Crippen molar-refractivity contribution in [1.82, 2.24) is 9.80 Å². The second-order valence-corrected chi connectivity index (χ2v) is 5.90. The van der Waals surface area contributed by atoms with Crippen molar-refractivity contribution in [3.8, 4) is 0 Å². The normalized spacial score (nSPS) is 34.4. The van der Waals surface area contributed by atoms with Crippen LogP contribution in [-0.4, -0.2) is 59.7 Å². The summed E-state index contributed by atoms with van der Waals surface area (Å²) in [5, 5.41) is 0. The van der Waals surface area contributed by atoms with Gasteiger partial charge in [0.1, 0.15) is 6.04 Å². The zero-order chi connectivity index (χ0) is 16.0. The molecule has 2 aliphatic heterocycles. The summed E-state index contributed by atoms with van der Waals surface area (Å²) in [4.78, 5) is 51.2. The van der Waals surface area contributed by atoms with Gasteiger partial charge in [-0.05, 0) is 12.8 Å². The molecular formula is C15H18N2O5. The summed E-state index contributed by atoms with van der Waals surface area (Å²) in [5.74, 6) is -2.21. The van der Waals surface area contributed by atoms with E-state index in [9.17, 15) is 19.2 Å². The van der Waals surface area contributed by atoms with E-state index in [2.05, 4.69) is 0 Å². The molecule has 4 atom stereocenters. The molecule has 2 heterocycles. The van der Waals surface area contributed by atoms with Crippen LogP contribution in [0.2, 0.25) is 0 Å². The fraction of sp³-hybridized carbons (Fsp3) is 0.600. The number of hydrogen-bond donors (Lipinski definition) is 0. The number of rotatable bonds is 2. The van der Waals surface area contributed by atoms with E-state index >= 15 is 0 Å². The Kier molecular flexibility index (Phi) is 3.50. The molecule has 0 radical (unpaired) electrons. The van der Waals surface area contributed by atoms with Crippen molar-refractivity contribution in [3.63, 3.8) is 0 Å². The van der Waals surface area contributed by atoms with Crippen molar-refractivity contribution in [2.45, 2.75) is 31.3 Å². The minimum absolute atomic E-state index is 0.180. The summed E-state index contributed by atoms with van der Waals surface area (Å²) in [6.07, 6.45) is 4.70. The number of amides is 3. The van der Waals surface area contributed by atoms with E-state index in [1.165, 1.54) is 19.1 Å². The van der Waals surface area contributed by atoms with Gasteiger partial charge in [0.2, 0.25) is 17.7 Å². The standard InChI is InChI=1S/C15H18N2O5/c1-16-13(19)8-4-3-5-9(12(8)14(16)20)17-10(15(21)22-2)6-7-11(17)18/h3,5,8-10,12H,4,6-7H2,1-2H3/t8-,9+,10+,12-/m1/s1. The lowest BCUT2D eigenvalue weighted by atomic mass is 9.80. The predicted molar refractivity (Wildman–Crippen MR) is 74.2 cm³/mol. The van der Waals surface area contributed by atoms with Gasteiger partial charge >= 0.3 is 5.97 Å². The molecule has 1 aliphatic carbocycles. The van der Waals surface area contributed by atoms with Crippen LogP contribution in [0.25, 0.3) is 0 Å². The molecule has 0 N–H and O–H groups in total. The third kappa shape index (κ3) is 1.95. The van der Waals surface area contributed by atoms with Crippen LogP contribution in [0.5, 0.6) is 0 Å². The van der Waals surface area contributed by atoms with E-state index in [0.717, 1.165) is 4.90 Å². The Morgan fingerprint density at radius 2 is 2.00 bits per heavy atom. The number of allylic oxidation sites excluding steroid dienone is 1. The molecule has 0 bridgehead atoms. The third-order valence-corrected chi connectivity index (χ3v) is 4.84. The van der Waals surface area contributed by atoms with Crippen molar-refractivity contribution >= 4 is 23.7 Å². The molecule has 0 aromatic carbocycles. The first kappa shape index (κ1) is 14.7. The number of carbonyl (C=O) groups excluding carboxylic acids is 4. The number of fused-ring (bicyclic) bond motifs is 1. The van der Waals surface area contributed by atoms with Crippen LogP contribution < -0.4 is 0 Å². The molecule has 7 heteroatoms. The molecule has 3 rings (SSSR count). The summed E-state index contributed by atoms with van der Waals surface area (Å²) in [5.41, 5.74) is 0. The summed E-state index contributed by atoms with van der Waals surface area (Å²) in [6, 6.07) is -1.24. The van der Waals surface area contributed by atoms with Crippen LogP contribution in [0.1, 0.15) is 19.3 Å². The maximum absolute atomic E-state index is 12.4. The largest absolute Gasteiger partial charge is 0.467 e. The van der Waals surface area contributed by atoms with Gasteiger partial charge in [0.05, 0.1) is 25.0 Å². The first-order valence-electron chi connectivity index (χ1n) is 7.34. The topological polar surface area (TPSA) is 84.0 Å². The van der Waals surface area contributed by atoms with Crippen LogP contribution in [0.3, 0.4) is 0 Å². The van der Waals surface area contributed by atoms with Crippen molar-refractivity contribution in [1.29, 1.82) is 0 Å². The molecule has 3 amide bonds. The number of imide groups is 1. The van der Waals surface area contributed by atoms with E-state index in [4.69, 9.17) is 4.74 Å². The maximum Gasteiger partial charge on any atom is 0.328 e. The highest BCUT2D eigenvalue weighted by molar-refractivity contribution is 6.06. The Labute approximate surface area is 127 Å². The van der Waals surface area contributed by atoms with Gasteiger partial charge in [-0.2, -0.15) is 0 Å². The molecule has 0 spiro atoms. The van der Waals surface area contributed by atoms with Gasteiger partial charge in [-0.15, -0.1) is 0 Å². The lowest BCUT2D eigenvalue weighted by Gasteiger charge is -2.36. The second-order valence-electron chi connectivity index (χ2n) is 5.90. The Morgan fingerprint density at radius 3 is 2.68 bits per heavy atom. The van der Waals surface area contributed by atoms with E-state index in [-0.39, 0.29) is 24.1 Å². The van der Waals surface area contributed by atoms with Crippen LogP contribution >= 0.6 is 0 Å². The van der Waals surface area contributed by atoms with Crippen LogP contribution in [0.15, 0.2) is 12.2 Å². The average molecular weight is 306 g/mol. The minimum Gasteiger partial charge on any atom is -0.467 e. The minimum atomic E-state index is -0.681. The van der Waals surface area contributed by atoms with Gasteiger partial charge in [-0.1, -0.05) is 12.2 Å². The molecule has 2 fully saturated rings. The van der Waals surface area contributed by atoms with Crippen molar-refractivity contribution in [3.05, 3.63) is 12.2 Å². The Hall–Kier alpha value is -2.18. The molecule has 2 saturated heterocycles. The molecule has 7 nitrogen and oxygen atoms in total. The van der Waals surface area contributed by atoms with E-state index in [1.807, 2.05) is 6.08 Å². The van der Waals surface area contributed by atoms with E-state index in [0.29, 0.717) is 12.8 Å².